The number of ether oxygens (including phenoxy) is 3. The van der Waals surface area contributed by atoms with Crippen molar-refractivity contribution in [1.29, 1.82) is 0 Å². The van der Waals surface area contributed by atoms with E-state index in [1.165, 1.54) is 6.07 Å². The maximum absolute atomic E-state index is 14.5. The van der Waals surface area contributed by atoms with E-state index in [1.54, 1.807) is 42.5 Å². The van der Waals surface area contributed by atoms with Gasteiger partial charge in [0.2, 0.25) is 0 Å². The topological polar surface area (TPSA) is 47.9 Å². The van der Waals surface area contributed by atoms with Gasteiger partial charge in [0.05, 0.1) is 26.2 Å². The van der Waals surface area contributed by atoms with Crippen LogP contribution in [0.15, 0.2) is 54.6 Å². The lowest BCUT2D eigenvalue weighted by atomic mass is 9.81. The van der Waals surface area contributed by atoms with Crippen molar-refractivity contribution < 1.29 is 23.7 Å². The number of rotatable bonds is 4. The van der Waals surface area contributed by atoms with E-state index >= 15 is 0 Å². The Balaban J connectivity index is 1.76. The Morgan fingerprint density at radius 1 is 0.960 bits per heavy atom. The van der Waals surface area contributed by atoms with E-state index in [1.807, 2.05) is 13.0 Å². The summed E-state index contributed by atoms with van der Waals surface area (Å²) in [7, 11) is 0. The normalized spacial score (nSPS) is 30.8. The fraction of sp³-hybridized carbons (Fsp3) is 0.400. The minimum absolute atomic E-state index is 0.0545. The molecule has 3 heterocycles. The Labute approximate surface area is 146 Å². The van der Waals surface area contributed by atoms with Gasteiger partial charge >= 0.3 is 0 Å². The highest BCUT2D eigenvalue weighted by atomic mass is 19.1. The van der Waals surface area contributed by atoms with Crippen molar-refractivity contribution in [3.8, 4) is 0 Å². The maximum Gasteiger partial charge on any atom is 0.286 e. The van der Waals surface area contributed by atoms with Gasteiger partial charge < -0.3 is 19.3 Å². The lowest BCUT2D eigenvalue weighted by molar-refractivity contribution is -0.474. The second kappa shape index (κ2) is 5.88. The third-order valence-electron chi connectivity index (χ3n) is 4.96. The standard InChI is InChI=1S/C20H21FO4/c1-18-12-23-20(24-13-18,25-14-18)11-19(22,15-7-3-2-4-8-15)16-9-5-6-10-17(16)21/h2-10,22H,11-14H2,1H3. The first kappa shape index (κ1) is 16.7. The summed E-state index contributed by atoms with van der Waals surface area (Å²) in [6.45, 7) is 3.47. The zero-order valence-corrected chi connectivity index (χ0v) is 14.1. The fourth-order valence-electron chi connectivity index (χ4n) is 3.43. The molecule has 132 valence electrons. The van der Waals surface area contributed by atoms with Crippen LogP contribution in [0, 0.1) is 11.2 Å². The predicted octanol–water partition coefficient (Wildman–Crippen LogP) is 3.19. The molecule has 0 radical (unpaired) electrons. The Morgan fingerprint density at radius 3 is 2.12 bits per heavy atom. The largest absolute Gasteiger partial charge is 0.380 e. The van der Waals surface area contributed by atoms with Gasteiger partial charge in [-0.25, -0.2) is 4.39 Å². The fourth-order valence-corrected chi connectivity index (χ4v) is 3.43. The van der Waals surface area contributed by atoms with Crippen molar-refractivity contribution >= 4 is 0 Å². The van der Waals surface area contributed by atoms with Gasteiger partial charge in [-0.1, -0.05) is 55.5 Å². The van der Waals surface area contributed by atoms with Gasteiger partial charge in [0.25, 0.3) is 5.97 Å². The average molecular weight is 344 g/mol. The number of fused-ring (bicyclic) bond motifs is 3. The molecule has 1 atom stereocenters. The van der Waals surface area contributed by atoms with Gasteiger partial charge in [0, 0.05) is 11.0 Å². The minimum Gasteiger partial charge on any atom is -0.380 e. The third-order valence-corrected chi connectivity index (χ3v) is 4.96. The summed E-state index contributed by atoms with van der Waals surface area (Å²) in [5.74, 6) is -1.85. The molecule has 25 heavy (non-hydrogen) atoms. The zero-order chi connectivity index (χ0) is 17.5. The second-order valence-corrected chi connectivity index (χ2v) is 7.24. The van der Waals surface area contributed by atoms with E-state index in [4.69, 9.17) is 14.2 Å². The maximum atomic E-state index is 14.5. The molecule has 4 nitrogen and oxygen atoms in total. The molecule has 2 aromatic carbocycles. The molecular weight excluding hydrogens is 323 g/mol. The molecule has 1 unspecified atom stereocenters. The quantitative estimate of drug-likeness (QED) is 0.925. The molecule has 0 spiro atoms. The summed E-state index contributed by atoms with van der Waals surface area (Å²) in [6.07, 6.45) is -0.0545. The van der Waals surface area contributed by atoms with Crippen molar-refractivity contribution in [2.24, 2.45) is 5.41 Å². The predicted molar refractivity (Wildman–Crippen MR) is 89.2 cm³/mol. The molecule has 3 saturated heterocycles. The van der Waals surface area contributed by atoms with Gasteiger partial charge in [0.15, 0.2) is 0 Å². The SMILES string of the molecule is CC12COC(CC(O)(c3ccccc3)c3ccccc3F)(OC1)OC2. The smallest absolute Gasteiger partial charge is 0.286 e. The Morgan fingerprint density at radius 2 is 1.52 bits per heavy atom. The first-order chi connectivity index (χ1) is 11.9. The van der Waals surface area contributed by atoms with Gasteiger partial charge in [-0.3, -0.25) is 0 Å². The Hall–Kier alpha value is -1.79. The van der Waals surface area contributed by atoms with E-state index in [2.05, 4.69) is 0 Å². The molecule has 3 fully saturated rings. The molecule has 2 bridgehead atoms. The molecule has 3 aliphatic rings. The van der Waals surface area contributed by atoms with Crippen molar-refractivity contribution in [2.75, 3.05) is 19.8 Å². The van der Waals surface area contributed by atoms with E-state index in [-0.39, 0.29) is 17.4 Å². The average Bonchev–Trinajstić information content (AvgIpc) is 2.64. The summed E-state index contributed by atoms with van der Waals surface area (Å²) in [4.78, 5) is 0. The van der Waals surface area contributed by atoms with Gasteiger partial charge in [-0.15, -0.1) is 0 Å². The van der Waals surface area contributed by atoms with E-state index in [0.29, 0.717) is 25.4 Å². The summed E-state index contributed by atoms with van der Waals surface area (Å²) in [5, 5.41) is 11.6. The van der Waals surface area contributed by atoms with Gasteiger partial charge in [-0.05, 0) is 11.6 Å². The molecular formula is C20H21FO4. The number of halogens is 1. The zero-order valence-electron chi connectivity index (χ0n) is 14.1. The van der Waals surface area contributed by atoms with Crippen molar-refractivity contribution in [2.45, 2.75) is 24.9 Å². The van der Waals surface area contributed by atoms with Crippen LogP contribution in [0.1, 0.15) is 24.5 Å². The third kappa shape index (κ3) is 2.87. The molecule has 3 aliphatic heterocycles. The van der Waals surface area contributed by atoms with E-state index < -0.39 is 17.4 Å². The van der Waals surface area contributed by atoms with Crippen LogP contribution in [-0.4, -0.2) is 30.9 Å². The number of hydrogen-bond acceptors (Lipinski definition) is 4. The molecule has 0 aliphatic carbocycles. The van der Waals surface area contributed by atoms with Crippen molar-refractivity contribution in [1.82, 2.24) is 0 Å². The van der Waals surface area contributed by atoms with Crippen LogP contribution in [0.25, 0.3) is 0 Å². The Kier molecular flexibility index (Phi) is 3.92. The molecule has 2 aromatic rings. The molecule has 0 aromatic heterocycles. The van der Waals surface area contributed by atoms with Crippen LogP contribution in [0.4, 0.5) is 4.39 Å². The van der Waals surface area contributed by atoms with Crippen LogP contribution in [0.2, 0.25) is 0 Å². The highest BCUT2D eigenvalue weighted by Crippen LogP contribution is 2.46. The minimum atomic E-state index is -1.64. The molecule has 0 amide bonds. The van der Waals surface area contributed by atoms with E-state index in [0.717, 1.165) is 0 Å². The number of hydrogen-bond donors (Lipinski definition) is 1. The summed E-state index contributed by atoms with van der Waals surface area (Å²) >= 11 is 0. The lowest BCUT2D eigenvalue weighted by Crippen LogP contribution is -2.61. The first-order valence-electron chi connectivity index (χ1n) is 8.40. The molecule has 0 saturated carbocycles. The Bertz CT molecular complexity index is 739. The molecule has 1 N–H and O–H groups in total. The van der Waals surface area contributed by atoms with Crippen molar-refractivity contribution in [3.05, 3.63) is 71.5 Å². The highest BCUT2D eigenvalue weighted by molar-refractivity contribution is 5.37. The summed E-state index contributed by atoms with van der Waals surface area (Å²) in [6, 6.07) is 15.2. The van der Waals surface area contributed by atoms with Crippen LogP contribution in [0.5, 0.6) is 0 Å². The van der Waals surface area contributed by atoms with Crippen molar-refractivity contribution in [3.63, 3.8) is 0 Å². The second-order valence-electron chi connectivity index (χ2n) is 7.24. The van der Waals surface area contributed by atoms with Crippen LogP contribution in [-0.2, 0) is 19.8 Å². The number of aliphatic hydroxyl groups is 1. The lowest BCUT2D eigenvalue weighted by Gasteiger charge is -2.52. The van der Waals surface area contributed by atoms with Crippen LogP contribution >= 0.6 is 0 Å². The van der Waals surface area contributed by atoms with E-state index in [9.17, 15) is 9.50 Å². The van der Waals surface area contributed by atoms with Gasteiger partial charge in [0.1, 0.15) is 11.4 Å². The van der Waals surface area contributed by atoms with Crippen LogP contribution < -0.4 is 0 Å². The molecule has 5 heteroatoms. The van der Waals surface area contributed by atoms with Crippen LogP contribution in [0.3, 0.4) is 0 Å². The monoisotopic (exact) mass is 344 g/mol. The summed E-state index contributed by atoms with van der Waals surface area (Å²) in [5.41, 5.74) is -1.09. The molecule has 5 rings (SSSR count). The number of benzene rings is 2. The summed E-state index contributed by atoms with van der Waals surface area (Å²) < 4.78 is 32.0. The first-order valence-corrected chi connectivity index (χ1v) is 8.40. The highest BCUT2D eigenvalue weighted by Gasteiger charge is 2.55. The van der Waals surface area contributed by atoms with Gasteiger partial charge in [-0.2, -0.15) is 0 Å².